The second-order valence-electron chi connectivity index (χ2n) is 3.36. The smallest absolute Gasteiger partial charge is 0.172 e. The summed E-state index contributed by atoms with van der Waals surface area (Å²) < 4.78 is 36.4. The first kappa shape index (κ1) is 16.6. The minimum absolute atomic E-state index is 0.399. The van der Waals surface area contributed by atoms with Gasteiger partial charge in [-0.3, -0.25) is 0 Å². The van der Waals surface area contributed by atoms with E-state index in [9.17, 15) is 13.0 Å². The third-order valence-electron chi connectivity index (χ3n) is 2.00. The average molecular weight is 273 g/mol. The molecule has 0 aliphatic rings. The minimum Gasteiger partial charge on any atom is -0.748 e. The third kappa shape index (κ3) is 8.72. The van der Waals surface area contributed by atoms with Crippen molar-refractivity contribution in [1.82, 2.24) is 0 Å². The first-order valence-electron chi connectivity index (χ1n) is 5.50. The zero-order valence-corrected chi connectivity index (χ0v) is 11.7. The molecule has 0 saturated heterocycles. The highest BCUT2D eigenvalue weighted by Gasteiger charge is 1.94. The van der Waals surface area contributed by atoms with Gasteiger partial charge in [0.1, 0.15) is 12.3 Å². The lowest BCUT2D eigenvalue weighted by Crippen LogP contribution is -2.30. The van der Waals surface area contributed by atoms with E-state index >= 15 is 0 Å². The van der Waals surface area contributed by atoms with Gasteiger partial charge in [-0.2, -0.15) is 0 Å². The van der Waals surface area contributed by atoms with Crippen molar-refractivity contribution in [3.05, 3.63) is 36.7 Å². The number of hydrogen-bond donors (Lipinski definition) is 0. The van der Waals surface area contributed by atoms with Crippen molar-refractivity contribution in [2.45, 2.75) is 20.4 Å². The molecule has 1 aromatic rings. The molecular weight excluding hydrogens is 254 g/mol. The molecule has 102 valence electrons. The van der Waals surface area contributed by atoms with Crippen molar-refractivity contribution in [2.24, 2.45) is 0 Å². The summed E-state index contributed by atoms with van der Waals surface area (Å²) in [5, 5.41) is 0. The molecule has 0 radical (unpaired) electrons. The Bertz CT molecular complexity index is 428. The molecule has 0 unspecified atom stereocenters. The van der Waals surface area contributed by atoms with Gasteiger partial charge < -0.3 is 9.29 Å². The molecule has 0 amide bonds. The van der Waals surface area contributed by atoms with Crippen LogP contribution in [0.4, 0.5) is 0 Å². The van der Waals surface area contributed by atoms with Gasteiger partial charge in [-0.05, 0) is 13.8 Å². The molecule has 1 aromatic heterocycles. The van der Waals surface area contributed by atoms with Gasteiger partial charge in [-0.15, -0.1) is 0 Å². The van der Waals surface area contributed by atoms with E-state index in [0.29, 0.717) is 0 Å². The zero-order chi connectivity index (χ0) is 14.0. The maximum absolute atomic E-state index is 9.78. The predicted molar refractivity (Wildman–Crippen MR) is 68.2 cm³/mol. The van der Waals surface area contributed by atoms with Crippen molar-refractivity contribution in [1.29, 1.82) is 0 Å². The Morgan fingerprint density at radius 1 is 1.39 bits per heavy atom. The summed E-state index contributed by atoms with van der Waals surface area (Å²) in [4.78, 5) is 0. The van der Waals surface area contributed by atoms with Crippen molar-refractivity contribution >= 4 is 10.1 Å². The predicted octanol–water partition coefficient (Wildman–Crippen LogP) is 1.11. The normalized spacial score (nSPS) is 10.9. The van der Waals surface area contributed by atoms with Gasteiger partial charge >= 0.3 is 0 Å². The van der Waals surface area contributed by atoms with Crippen LogP contribution in [0.1, 0.15) is 13.8 Å². The zero-order valence-electron chi connectivity index (χ0n) is 10.9. The number of aromatic nitrogens is 1. The molecule has 0 aliphatic heterocycles. The maximum Gasteiger partial charge on any atom is 0.172 e. The number of allylic oxidation sites excluding steroid dienone is 1. The quantitative estimate of drug-likeness (QED) is 0.468. The van der Waals surface area contributed by atoms with E-state index in [1.165, 1.54) is 12.2 Å². The van der Waals surface area contributed by atoms with Gasteiger partial charge in [-0.25, -0.2) is 13.0 Å². The highest BCUT2D eigenvalue weighted by Crippen LogP contribution is 2.03. The molecule has 0 atom stereocenters. The fraction of sp³-hybridized carbons (Fsp3) is 0.417. The van der Waals surface area contributed by atoms with E-state index in [4.69, 9.17) is 4.74 Å². The van der Waals surface area contributed by atoms with Crippen LogP contribution in [0.5, 0.6) is 5.75 Å². The Balaban J connectivity index is 0.000000331. The minimum atomic E-state index is -4.02. The molecule has 6 heteroatoms. The van der Waals surface area contributed by atoms with Crippen LogP contribution in [0.25, 0.3) is 0 Å². The van der Waals surface area contributed by atoms with Crippen LogP contribution in [-0.2, 0) is 16.7 Å². The number of rotatable bonds is 4. The van der Waals surface area contributed by atoms with Crippen molar-refractivity contribution in [3.8, 4) is 5.75 Å². The molecule has 18 heavy (non-hydrogen) atoms. The molecule has 0 aromatic carbocycles. The summed E-state index contributed by atoms with van der Waals surface area (Å²) in [5.74, 6) is 0.508. The summed E-state index contributed by atoms with van der Waals surface area (Å²) in [7, 11) is -2.35. The van der Waals surface area contributed by atoms with E-state index in [-0.39, 0.29) is 0 Å². The van der Waals surface area contributed by atoms with Crippen LogP contribution >= 0.6 is 0 Å². The van der Waals surface area contributed by atoms with Crippen LogP contribution in [-0.4, -0.2) is 25.8 Å². The van der Waals surface area contributed by atoms with Gasteiger partial charge in [0.2, 0.25) is 0 Å². The van der Waals surface area contributed by atoms with E-state index < -0.39 is 15.9 Å². The summed E-state index contributed by atoms with van der Waals surface area (Å²) in [6, 6.07) is 3.90. The lowest BCUT2D eigenvalue weighted by Gasteiger charge is -1.99. The Hall–Kier alpha value is -1.40. The largest absolute Gasteiger partial charge is 0.748 e. The van der Waals surface area contributed by atoms with Gasteiger partial charge in [0.15, 0.2) is 12.4 Å². The van der Waals surface area contributed by atoms with Crippen molar-refractivity contribution in [3.63, 3.8) is 0 Å². The molecular formula is C12H19NO4S. The molecule has 0 aliphatic carbocycles. The third-order valence-corrected chi connectivity index (χ3v) is 2.60. The van der Waals surface area contributed by atoms with Gasteiger partial charge in [0.25, 0.3) is 0 Å². The van der Waals surface area contributed by atoms with E-state index in [1.807, 2.05) is 24.5 Å². The van der Waals surface area contributed by atoms with Gasteiger partial charge in [-0.1, -0.05) is 12.2 Å². The lowest BCUT2D eigenvalue weighted by atomic mass is 10.4. The Morgan fingerprint density at radius 3 is 2.22 bits per heavy atom. The van der Waals surface area contributed by atoms with Crippen LogP contribution in [0.15, 0.2) is 36.7 Å². The van der Waals surface area contributed by atoms with E-state index in [0.717, 1.165) is 12.3 Å². The monoisotopic (exact) mass is 273 g/mol. The molecule has 0 saturated carbocycles. The second-order valence-corrected chi connectivity index (χ2v) is 4.81. The van der Waals surface area contributed by atoms with E-state index in [2.05, 4.69) is 11.5 Å². The lowest BCUT2D eigenvalue weighted by molar-refractivity contribution is -0.693. The number of hydrogen-bond acceptors (Lipinski definition) is 4. The van der Waals surface area contributed by atoms with Gasteiger partial charge in [0, 0.05) is 12.1 Å². The molecule has 0 bridgehead atoms. The first-order chi connectivity index (χ1) is 8.42. The van der Waals surface area contributed by atoms with Crippen LogP contribution in [0, 0.1) is 0 Å². The van der Waals surface area contributed by atoms with Crippen LogP contribution in [0.2, 0.25) is 0 Å². The SMILES string of the molecule is C/C=C/CS(=O)(=O)[O-].CC[n+]1ccc(OC)cc1. The molecule has 0 fully saturated rings. The summed E-state index contributed by atoms with van der Waals surface area (Å²) in [6.45, 7) is 4.77. The Kier molecular flexibility index (Phi) is 7.98. The van der Waals surface area contributed by atoms with Crippen LogP contribution in [0.3, 0.4) is 0 Å². The standard InChI is InChI=1S/C8H12NO.C4H8O3S/c1-3-9-6-4-8(10-2)5-7-9;1-2-3-4-8(5,6)7/h4-7H,3H2,1-2H3;2-3H,4H2,1H3,(H,5,6,7)/q+1;/p-1/b;3-2+. The molecule has 0 spiro atoms. The molecule has 5 nitrogen and oxygen atoms in total. The summed E-state index contributed by atoms with van der Waals surface area (Å²) in [6.07, 6.45) is 6.83. The highest BCUT2D eigenvalue weighted by molar-refractivity contribution is 7.85. The van der Waals surface area contributed by atoms with E-state index in [1.54, 1.807) is 14.0 Å². The number of nitrogens with zero attached hydrogens (tertiary/aromatic N) is 1. The Labute approximate surface area is 108 Å². The number of aryl methyl sites for hydroxylation is 1. The fourth-order valence-electron chi connectivity index (χ4n) is 1.00. The topological polar surface area (TPSA) is 70.3 Å². The molecule has 1 rings (SSSR count). The number of ether oxygens (including phenoxy) is 1. The highest BCUT2D eigenvalue weighted by atomic mass is 32.2. The summed E-state index contributed by atoms with van der Waals surface area (Å²) in [5.41, 5.74) is 0. The average Bonchev–Trinajstić information content (AvgIpc) is 2.36. The molecule has 1 heterocycles. The first-order valence-corrected chi connectivity index (χ1v) is 7.08. The van der Waals surface area contributed by atoms with Crippen molar-refractivity contribution < 1.29 is 22.3 Å². The fourth-order valence-corrected chi connectivity index (χ4v) is 1.43. The Morgan fingerprint density at radius 2 is 1.94 bits per heavy atom. The summed E-state index contributed by atoms with van der Waals surface area (Å²) >= 11 is 0. The number of pyridine rings is 1. The van der Waals surface area contributed by atoms with Crippen molar-refractivity contribution in [2.75, 3.05) is 12.9 Å². The maximum atomic E-state index is 9.78. The number of methoxy groups -OCH3 is 1. The molecule has 0 N–H and O–H groups in total. The van der Waals surface area contributed by atoms with Crippen LogP contribution < -0.4 is 9.30 Å². The van der Waals surface area contributed by atoms with Gasteiger partial charge in [0.05, 0.1) is 23.0 Å². The second kappa shape index (κ2) is 8.66.